The van der Waals surface area contributed by atoms with E-state index in [1.165, 1.54) is 0 Å². The molecule has 0 amide bonds. The van der Waals surface area contributed by atoms with Crippen LogP contribution in [0.1, 0.15) is 5.69 Å². The third kappa shape index (κ3) is 4.04. The van der Waals surface area contributed by atoms with Gasteiger partial charge in [0.1, 0.15) is 11.3 Å². The minimum absolute atomic E-state index is 0.662. The third-order valence-corrected chi connectivity index (χ3v) is 5.53. The van der Waals surface area contributed by atoms with Crippen molar-refractivity contribution in [3.63, 3.8) is 0 Å². The largest absolute Gasteiger partial charge is 0.378 e. The number of benzene rings is 1. The Morgan fingerprint density at radius 3 is 2.61 bits per heavy atom. The normalized spacial score (nSPS) is 14.2. The van der Waals surface area contributed by atoms with E-state index < -0.39 is 0 Å². The first-order valence-corrected chi connectivity index (χ1v) is 10.5. The summed E-state index contributed by atoms with van der Waals surface area (Å²) in [6.07, 6.45) is 1.84. The molecule has 0 spiro atoms. The summed E-state index contributed by atoms with van der Waals surface area (Å²) in [4.78, 5) is 16.4. The number of aromatic nitrogens is 5. The lowest BCUT2D eigenvalue weighted by molar-refractivity contribution is 0.122. The third-order valence-electron chi connectivity index (χ3n) is 5.28. The maximum absolute atomic E-state index is 6.02. The predicted octanol–water partition coefficient (Wildman–Crippen LogP) is 3.97. The quantitative estimate of drug-likeness (QED) is 0.519. The Bertz CT molecular complexity index is 1230. The minimum Gasteiger partial charge on any atom is -0.378 e. The zero-order chi connectivity index (χ0) is 21.4. The van der Waals surface area contributed by atoms with E-state index in [0.29, 0.717) is 30.0 Å². The molecule has 4 aromatic rings. The van der Waals surface area contributed by atoms with Crippen LogP contribution in [0.25, 0.3) is 22.3 Å². The van der Waals surface area contributed by atoms with Crippen LogP contribution in [0.3, 0.4) is 0 Å². The molecule has 4 heterocycles. The molecule has 8 nitrogen and oxygen atoms in total. The van der Waals surface area contributed by atoms with Gasteiger partial charge in [-0.1, -0.05) is 11.6 Å². The van der Waals surface area contributed by atoms with Crippen LogP contribution >= 0.6 is 11.6 Å². The molecule has 3 aromatic heterocycles. The second kappa shape index (κ2) is 8.13. The van der Waals surface area contributed by atoms with Crippen LogP contribution in [0.2, 0.25) is 5.02 Å². The predicted molar refractivity (Wildman–Crippen MR) is 122 cm³/mol. The monoisotopic (exact) mass is 435 g/mol. The molecule has 158 valence electrons. The number of anilines is 3. The van der Waals surface area contributed by atoms with E-state index in [9.17, 15) is 0 Å². The van der Waals surface area contributed by atoms with Crippen LogP contribution in [-0.4, -0.2) is 51.0 Å². The summed E-state index contributed by atoms with van der Waals surface area (Å²) in [5.74, 6) is 1.37. The molecule has 1 aliphatic heterocycles. The van der Waals surface area contributed by atoms with Crippen molar-refractivity contribution >= 4 is 40.1 Å². The zero-order valence-corrected chi connectivity index (χ0v) is 18.1. The summed E-state index contributed by atoms with van der Waals surface area (Å²) in [6.45, 7) is 4.79. The first kappa shape index (κ1) is 19.7. The van der Waals surface area contributed by atoms with Crippen molar-refractivity contribution in [2.45, 2.75) is 6.92 Å². The van der Waals surface area contributed by atoms with Gasteiger partial charge in [0, 0.05) is 48.7 Å². The van der Waals surface area contributed by atoms with Crippen LogP contribution < -0.4 is 10.2 Å². The van der Waals surface area contributed by atoms with Crippen LogP contribution in [0.5, 0.6) is 0 Å². The van der Waals surface area contributed by atoms with Gasteiger partial charge in [0.05, 0.1) is 30.1 Å². The molecule has 9 heteroatoms. The maximum atomic E-state index is 6.02. The van der Waals surface area contributed by atoms with Gasteiger partial charge in [0.15, 0.2) is 0 Å². The van der Waals surface area contributed by atoms with Crippen molar-refractivity contribution in [3.8, 4) is 11.3 Å². The molecular weight excluding hydrogens is 414 g/mol. The van der Waals surface area contributed by atoms with Crippen molar-refractivity contribution in [1.29, 1.82) is 0 Å². The Hall–Kier alpha value is -3.23. The molecule has 1 saturated heterocycles. The first-order valence-electron chi connectivity index (χ1n) is 10.1. The Kier molecular flexibility index (Phi) is 5.17. The number of morpholine rings is 1. The summed E-state index contributed by atoms with van der Waals surface area (Å²) in [5.41, 5.74) is 5.37. The number of hydrogen-bond acceptors (Lipinski definition) is 7. The number of halogens is 1. The molecule has 5 rings (SSSR count). The maximum Gasteiger partial charge on any atom is 0.228 e. The summed E-state index contributed by atoms with van der Waals surface area (Å²) >= 11 is 6.02. The zero-order valence-electron chi connectivity index (χ0n) is 17.3. The molecule has 0 aliphatic carbocycles. The molecular formula is C22H22ClN7O. The lowest BCUT2D eigenvalue weighted by atomic mass is 10.1. The van der Waals surface area contributed by atoms with Gasteiger partial charge in [-0.2, -0.15) is 10.1 Å². The lowest BCUT2D eigenvalue weighted by Crippen LogP contribution is -2.37. The number of pyridine rings is 1. The molecule has 1 N–H and O–H groups in total. The van der Waals surface area contributed by atoms with Gasteiger partial charge in [-0.3, -0.25) is 9.67 Å². The van der Waals surface area contributed by atoms with Crippen molar-refractivity contribution in [2.75, 3.05) is 36.5 Å². The van der Waals surface area contributed by atoms with E-state index in [2.05, 4.69) is 26.4 Å². The van der Waals surface area contributed by atoms with Crippen molar-refractivity contribution < 1.29 is 4.74 Å². The standard InChI is InChI=1S/C22H22ClN7O/c1-14-21-19(29(2)28-14)11-15(13-24-21)18-12-20(25-17-5-3-16(23)4-6-17)27-22(26-18)30-7-9-31-10-8-30/h3-6,11-13H,7-10H2,1-2H3,(H,25,26,27). The summed E-state index contributed by atoms with van der Waals surface area (Å²) in [6, 6.07) is 11.5. The van der Waals surface area contributed by atoms with Gasteiger partial charge in [-0.05, 0) is 37.3 Å². The van der Waals surface area contributed by atoms with E-state index in [1.807, 2.05) is 55.2 Å². The van der Waals surface area contributed by atoms with Crippen LogP contribution in [0.4, 0.5) is 17.5 Å². The molecule has 1 fully saturated rings. The smallest absolute Gasteiger partial charge is 0.228 e. The van der Waals surface area contributed by atoms with Crippen molar-refractivity contribution in [2.24, 2.45) is 7.05 Å². The molecule has 0 bridgehead atoms. The average molecular weight is 436 g/mol. The molecule has 0 atom stereocenters. The Morgan fingerprint density at radius 2 is 1.84 bits per heavy atom. The van der Waals surface area contributed by atoms with Gasteiger partial charge in [-0.25, -0.2) is 4.98 Å². The van der Waals surface area contributed by atoms with Crippen LogP contribution in [-0.2, 0) is 11.8 Å². The van der Waals surface area contributed by atoms with Crippen molar-refractivity contribution in [1.82, 2.24) is 24.7 Å². The fourth-order valence-electron chi connectivity index (χ4n) is 3.68. The summed E-state index contributed by atoms with van der Waals surface area (Å²) < 4.78 is 7.34. The molecule has 31 heavy (non-hydrogen) atoms. The average Bonchev–Trinajstić information content (AvgIpc) is 3.08. The Balaban J connectivity index is 1.58. The SMILES string of the molecule is Cc1nn(C)c2cc(-c3cc(Nc4ccc(Cl)cc4)nc(N4CCOCC4)n3)cnc12. The number of nitrogens with one attached hydrogen (secondary N) is 1. The highest BCUT2D eigenvalue weighted by Crippen LogP contribution is 2.28. The van der Waals surface area contributed by atoms with Crippen LogP contribution in [0.15, 0.2) is 42.6 Å². The second-order valence-electron chi connectivity index (χ2n) is 7.47. The van der Waals surface area contributed by atoms with E-state index in [1.54, 1.807) is 0 Å². The van der Waals surface area contributed by atoms with Gasteiger partial charge in [-0.15, -0.1) is 0 Å². The molecule has 1 aromatic carbocycles. The van der Waals surface area contributed by atoms with E-state index >= 15 is 0 Å². The Morgan fingerprint density at radius 1 is 1.06 bits per heavy atom. The number of aryl methyl sites for hydroxylation is 2. The van der Waals surface area contributed by atoms with E-state index in [-0.39, 0.29) is 0 Å². The van der Waals surface area contributed by atoms with Gasteiger partial charge < -0.3 is 15.0 Å². The van der Waals surface area contributed by atoms with Crippen LogP contribution in [0, 0.1) is 6.92 Å². The van der Waals surface area contributed by atoms with Gasteiger partial charge in [0.2, 0.25) is 5.95 Å². The summed E-state index contributed by atoms with van der Waals surface area (Å²) in [7, 11) is 1.92. The highest BCUT2D eigenvalue weighted by atomic mass is 35.5. The van der Waals surface area contributed by atoms with Gasteiger partial charge in [0.25, 0.3) is 0 Å². The number of ether oxygens (including phenoxy) is 1. The highest BCUT2D eigenvalue weighted by Gasteiger charge is 2.17. The van der Waals surface area contributed by atoms with Crippen molar-refractivity contribution in [3.05, 3.63) is 53.3 Å². The van der Waals surface area contributed by atoms with E-state index in [0.717, 1.165) is 46.8 Å². The summed E-state index contributed by atoms with van der Waals surface area (Å²) in [5, 5.41) is 8.53. The Labute approximate surface area is 184 Å². The fraction of sp³-hybridized carbons (Fsp3) is 0.273. The molecule has 0 unspecified atom stereocenters. The molecule has 0 saturated carbocycles. The number of fused-ring (bicyclic) bond motifs is 1. The fourth-order valence-corrected chi connectivity index (χ4v) is 3.80. The number of hydrogen-bond donors (Lipinski definition) is 1. The second-order valence-corrected chi connectivity index (χ2v) is 7.91. The lowest BCUT2D eigenvalue weighted by Gasteiger charge is -2.27. The topological polar surface area (TPSA) is 81.0 Å². The minimum atomic E-state index is 0.662. The first-order chi connectivity index (χ1) is 15.1. The highest BCUT2D eigenvalue weighted by molar-refractivity contribution is 6.30. The molecule has 1 aliphatic rings. The van der Waals surface area contributed by atoms with Gasteiger partial charge >= 0.3 is 0 Å². The number of nitrogens with zero attached hydrogens (tertiary/aromatic N) is 6. The molecule has 0 radical (unpaired) electrons. The number of rotatable bonds is 4. The van der Waals surface area contributed by atoms with E-state index in [4.69, 9.17) is 26.3 Å².